The van der Waals surface area contributed by atoms with Crippen molar-refractivity contribution < 1.29 is 43.8 Å². The smallest absolute Gasteiger partial charge is 0.248 e. The lowest BCUT2D eigenvalue weighted by atomic mass is 9.97. The van der Waals surface area contributed by atoms with Gasteiger partial charge in [-0.25, -0.2) is 0 Å². The van der Waals surface area contributed by atoms with E-state index in [1.807, 2.05) is 20.8 Å². The van der Waals surface area contributed by atoms with Crippen LogP contribution in [0.2, 0.25) is 0 Å². The van der Waals surface area contributed by atoms with Crippen LogP contribution in [0.5, 0.6) is 5.75 Å². The fourth-order valence-electron chi connectivity index (χ4n) is 6.45. The summed E-state index contributed by atoms with van der Waals surface area (Å²) in [6.07, 6.45) is 2.20. The van der Waals surface area contributed by atoms with Gasteiger partial charge in [0, 0.05) is 25.6 Å². The molecule has 0 bridgehead atoms. The van der Waals surface area contributed by atoms with Gasteiger partial charge in [0.25, 0.3) is 0 Å². The summed E-state index contributed by atoms with van der Waals surface area (Å²) in [7, 11) is 0. The maximum atomic E-state index is 13.9. The average molecular weight is 757 g/mol. The second kappa shape index (κ2) is 20.4. The number of aliphatic hydroxyl groups excluding tert-OH is 1. The zero-order valence-electron chi connectivity index (χ0n) is 31.7. The first kappa shape index (κ1) is 43.3. The topological polar surface area (TPSA) is 262 Å². The Labute approximate surface area is 315 Å². The first-order chi connectivity index (χ1) is 25.5. The average Bonchev–Trinajstić information content (AvgIpc) is 3.52. The number of carbonyl (C=O) groups is 7. The number of aliphatic hydroxyl groups is 1. The van der Waals surface area contributed by atoms with Crippen LogP contribution in [0.25, 0.3) is 0 Å². The zero-order chi connectivity index (χ0) is 40.1. The second-order valence-corrected chi connectivity index (χ2v) is 14.7. The molecule has 1 saturated heterocycles. The lowest BCUT2D eigenvalue weighted by Crippen LogP contribution is -2.60. The normalized spacial score (nSPS) is 27.2. The summed E-state index contributed by atoms with van der Waals surface area (Å²) in [6.45, 7) is 8.09. The fraction of sp³-hybridized carbons (Fsp3) is 0.622. The lowest BCUT2D eigenvalue weighted by Gasteiger charge is -2.31. The summed E-state index contributed by atoms with van der Waals surface area (Å²) < 4.78 is 0. The van der Waals surface area contributed by atoms with Gasteiger partial charge in [0.05, 0.1) is 19.2 Å². The molecule has 2 heterocycles. The number of phenols is 1. The molecular weight excluding hydrogens is 700 g/mol. The molecule has 17 nitrogen and oxygen atoms in total. The molecule has 9 N–H and O–H groups in total. The number of carbonyl (C=O) groups excluding carboxylic acids is 7. The molecular formula is C37H56N8O9. The fourth-order valence-corrected chi connectivity index (χ4v) is 6.45. The molecule has 1 aromatic rings. The highest BCUT2D eigenvalue weighted by Crippen LogP contribution is 2.25. The highest BCUT2D eigenvalue weighted by atomic mass is 16.3. The number of hydrogen-bond donors (Lipinski definition) is 8. The SMILES string of the molecule is CC[C@H](C)[C@@H]1NC(=O)[C@@H](CCC(N)=O)NC(=O)CNC(=O)[C@H](Cc2ccc(O)cc2)N=C[C@H](CC(C)C)NC(=O)[C@@H]2C[C@H](C)CN2C(=O)[C@H](CO)NC1=O. The van der Waals surface area contributed by atoms with Crippen LogP contribution in [0.4, 0.5) is 0 Å². The molecule has 3 rings (SSSR count). The van der Waals surface area contributed by atoms with Crippen molar-refractivity contribution in [3.63, 3.8) is 0 Å². The Kier molecular flexibility index (Phi) is 16.4. The van der Waals surface area contributed by atoms with Crippen LogP contribution in [-0.4, -0.2) is 119 Å². The minimum absolute atomic E-state index is 0.0274. The predicted octanol–water partition coefficient (Wildman–Crippen LogP) is -0.970. The van der Waals surface area contributed by atoms with Gasteiger partial charge in [-0.05, 0) is 54.7 Å². The van der Waals surface area contributed by atoms with Gasteiger partial charge in [-0.3, -0.25) is 38.6 Å². The minimum atomic E-state index is -1.44. The summed E-state index contributed by atoms with van der Waals surface area (Å²) in [5.74, 6) is -5.35. The molecule has 0 unspecified atom stereocenters. The first-order valence-electron chi connectivity index (χ1n) is 18.5. The van der Waals surface area contributed by atoms with Gasteiger partial charge in [-0.1, -0.05) is 53.2 Å². The number of rotatable bonds is 10. The van der Waals surface area contributed by atoms with Crippen molar-refractivity contribution in [2.45, 2.75) is 109 Å². The Morgan fingerprint density at radius 1 is 0.944 bits per heavy atom. The van der Waals surface area contributed by atoms with Crippen LogP contribution >= 0.6 is 0 Å². The van der Waals surface area contributed by atoms with Crippen LogP contribution in [0.1, 0.15) is 72.3 Å². The monoisotopic (exact) mass is 756 g/mol. The second-order valence-electron chi connectivity index (χ2n) is 14.7. The number of benzene rings is 1. The van der Waals surface area contributed by atoms with Crippen LogP contribution in [0, 0.1) is 17.8 Å². The van der Waals surface area contributed by atoms with E-state index in [1.54, 1.807) is 26.0 Å². The van der Waals surface area contributed by atoms with Crippen LogP contribution in [-0.2, 0) is 40.0 Å². The Hall–Kier alpha value is -5.06. The molecule has 2 aliphatic heterocycles. The summed E-state index contributed by atoms with van der Waals surface area (Å²) in [5.41, 5.74) is 5.99. The molecule has 17 heteroatoms. The molecule has 2 aliphatic rings. The Morgan fingerprint density at radius 3 is 2.24 bits per heavy atom. The van der Waals surface area contributed by atoms with Gasteiger partial charge in [0.15, 0.2) is 0 Å². The van der Waals surface area contributed by atoms with Crippen molar-refractivity contribution in [3.05, 3.63) is 29.8 Å². The van der Waals surface area contributed by atoms with Crippen LogP contribution < -0.4 is 32.3 Å². The first-order valence-corrected chi connectivity index (χ1v) is 18.5. The molecule has 0 radical (unpaired) electrons. The summed E-state index contributed by atoms with van der Waals surface area (Å²) in [4.78, 5) is 99.3. The van der Waals surface area contributed by atoms with Crippen molar-refractivity contribution >= 4 is 47.6 Å². The molecule has 0 aromatic heterocycles. The van der Waals surface area contributed by atoms with Gasteiger partial charge in [-0.15, -0.1) is 0 Å². The third kappa shape index (κ3) is 12.8. The van der Waals surface area contributed by atoms with E-state index in [0.29, 0.717) is 24.8 Å². The zero-order valence-corrected chi connectivity index (χ0v) is 31.7. The standard InChI is InChI=1S/C37H56N8O9/c1-6-22(5)32-36(53)43-28(19-46)37(54)45-18-21(4)14-29(45)35(52)41-24(13-20(2)3)16-39-27(15-23-7-9-25(47)10-8-23)33(50)40-17-31(49)42-26(34(51)44-32)11-12-30(38)48/h7-10,16,20-22,24,26-29,32,46-47H,6,11-15,17-19H2,1-5H3,(H2,38,48)(H,40,50)(H,41,52)(H,42,49)(H,43,53)(H,44,51)/t21-,22-,24-,26+,27-,28-,29-,32-/m0/s1. The Morgan fingerprint density at radius 2 is 1.63 bits per heavy atom. The van der Waals surface area contributed by atoms with E-state index < -0.39 is 96.7 Å². The highest BCUT2D eigenvalue weighted by molar-refractivity contribution is 5.97. The summed E-state index contributed by atoms with van der Waals surface area (Å²) in [6, 6.07) is -0.503. The molecule has 0 aliphatic carbocycles. The maximum absolute atomic E-state index is 13.9. The van der Waals surface area contributed by atoms with Crippen molar-refractivity contribution in [3.8, 4) is 5.75 Å². The van der Waals surface area contributed by atoms with Gasteiger partial charge < -0.3 is 47.4 Å². The van der Waals surface area contributed by atoms with Gasteiger partial charge >= 0.3 is 0 Å². The molecule has 54 heavy (non-hydrogen) atoms. The van der Waals surface area contributed by atoms with Gasteiger partial charge in [0.1, 0.15) is 36.0 Å². The van der Waals surface area contributed by atoms with E-state index >= 15 is 0 Å². The Balaban J connectivity index is 2.07. The molecule has 298 valence electrons. The van der Waals surface area contributed by atoms with Crippen molar-refractivity contribution in [2.75, 3.05) is 19.7 Å². The van der Waals surface area contributed by atoms with E-state index in [4.69, 9.17) is 5.73 Å². The molecule has 1 aromatic carbocycles. The maximum Gasteiger partial charge on any atom is 0.248 e. The van der Waals surface area contributed by atoms with Crippen LogP contribution in [0.3, 0.4) is 0 Å². The largest absolute Gasteiger partial charge is 0.508 e. The number of nitrogens with one attached hydrogen (secondary N) is 5. The van der Waals surface area contributed by atoms with Crippen molar-refractivity contribution in [1.29, 1.82) is 0 Å². The number of phenolic OH excluding ortho intramolecular Hbond substituents is 1. The van der Waals surface area contributed by atoms with E-state index in [0.717, 1.165) is 0 Å². The number of fused-ring (bicyclic) bond motifs is 1. The minimum Gasteiger partial charge on any atom is -0.508 e. The molecule has 7 amide bonds. The molecule has 0 spiro atoms. The van der Waals surface area contributed by atoms with Gasteiger partial charge in [0.2, 0.25) is 41.4 Å². The lowest BCUT2D eigenvalue weighted by molar-refractivity contribution is -0.143. The number of primary amides is 1. The number of nitrogens with two attached hydrogens (primary N) is 1. The molecule has 1 fully saturated rings. The van der Waals surface area contributed by atoms with E-state index in [9.17, 15) is 43.8 Å². The number of hydrogen-bond acceptors (Lipinski definition) is 10. The van der Waals surface area contributed by atoms with E-state index in [-0.39, 0.29) is 43.4 Å². The molecule has 8 atom stereocenters. The predicted molar refractivity (Wildman–Crippen MR) is 199 cm³/mol. The van der Waals surface area contributed by atoms with E-state index in [2.05, 4.69) is 31.6 Å². The summed E-state index contributed by atoms with van der Waals surface area (Å²) >= 11 is 0. The summed E-state index contributed by atoms with van der Waals surface area (Å²) in [5, 5.41) is 33.3. The quantitative estimate of drug-likeness (QED) is 0.146. The van der Waals surface area contributed by atoms with Crippen LogP contribution in [0.15, 0.2) is 29.3 Å². The number of aromatic hydroxyl groups is 1. The third-order valence-corrected chi connectivity index (χ3v) is 9.61. The number of aliphatic imine (C=N–C) groups is 1. The Bertz CT molecular complexity index is 1540. The number of nitrogens with zero attached hydrogens (tertiary/aromatic N) is 2. The highest BCUT2D eigenvalue weighted by Gasteiger charge is 2.42. The van der Waals surface area contributed by atoms with Crippen molar-refractivity contribution in [2.24, 2.45) is 28.5 Å². The third-order valence-electron chi connectivity index (χ3n) is 9.61. The van der Waals surface area contributed by atoms with Gasteiger partial charge in [-0.2, -0.15) is 0 Å². The number of amides is 7. The molecule has 0 saturated carbocycles. The van der Waals surface area contributed by atoms with Crippen molar-refractivity contribution in [1.82, 2.24) is 31.5 Å². The van der Waals surface area contributed by atoms with E-state index in [1.165, 1.54) is 23.2 Å².